The second kappa shape index (κ2) is 7.41. The monoisotopic (exact) mass is 373 g/mol. The topological polar surface area (TPSA) is 49.6 Å². The molecule has 0 unspecified atom stereocenters. The molecule has 3 heterocycles. The van der Waals surface area contributed by atoms with Crippen LogP contribution in [0.1, 0.15) is 37.5 Å². The molecule has 0 radical (unpaired) electrons. The van der Waals surface area contributed by atoms with Crippen LogP contribution in [0.4, 0.5) is 0 Å². The summed E-state index contributed by atoms with van der Waals surface area (Å²) in [4.78, 5) is 17.5. The van der Waals surface area contributed by atoms with Gasteiger partial charge in [0.15, 0.2) is 0 Å². The largest absolute Gasteiger partial charge is 0.360 e. The van der Waals surface area contributed by atoms with Crippen molar-refractivity contribution in [3.63, 3.8) is 0 Å². The molecular weight excluding hydrogens is 350 g/mol. The van der Waals surface area contributed by atoms with Crippen LogP contribution in [-0.4, -0.2) is 46.5 Å². The van der Waals surface area contributed by atoms with Crippen LogP contribution in [0.25, 0.3) is 11.3 Å². The third-order valence-electron chi connectivity index (χ3n) is 5.56. The normalized spacial score (nSPS) is 20.8. The fraction of sp³-hybridized carbons (Fsp3) is 0.500. The minimum absolute atomic E-state index is 0.0224. The third-order valence-corrected chi connectivity index (χ3v) is 5.81. The predicted molar refractivity (Wildman–Crippen MR) is 101 cm³/mol. The van der Waals surface area contributed by atoms with Crippen molar-refractivity contribution in [3.8, 4) is 11.3 Å². The molecule has 1 aromatic heterocycles. The van der Waals surface area contributed by atoms with E-state index in [1.807, 2.05) is 29.2 Å². The summed E-state index contributed by atoms with van der Waals surface area (Å²) >= 11 is 5.99. The van der Waals surface area contributed by atoms with Gasteiger partial charge in [0.05, 0.1) is 12.6 Å². The number of aromatic nitrogens is 1. The average molecular weight is 374 g/mol. The van der Waals surface area contributed by atoms with Crippen LogP contribution in [0.2, 0.25) is 5.02 Å². The van der Waals surface area contributed by atoms with Crippen LogP contribution in [0.15, 0.2) is 28.8 Å². The highest BCUT2D eigenvalue weighted by molar-refractivity contribution is 6.30. The number of hydrogen-bond donors (Lipinski definition) is 0. The lowest BCUT2D eigenvalue weighted by molar-refractivity contribution is -0.139. The van der Waals surface area contributed by atoms with E-state index in [9.17, 15) is 4.79 Å². The Balaban J connectivity index is 1.56. The zero-order chi connectivity index (χ0) is 18.1. The summed E-state index contributed by atoms with van der Waals surface area (Å²) in [5, 5.41) is 4.96. The summed E-state index contributed by atoms with van der Waals surface area (Å²) in [7, 11) is 0. The van der Waals surface area contributed by atoms with Gasteiger partial charge in [-0.1, -0.05) is 42.2 Å². The first-order valence-electron chi connectivity index (χ1n) is 9.43. The molecule has 1 atom stereocenters. The number of halogens is 1. The predicted octanol–water partition coefficient (Wildman–Crippen LogP) is 3.75. The number of likely N-dealkylation sites (N-methyl/N-ethyl adjacent to an activating group) is 1. The Morgan fingerprint density at radius 2 is 2.08 bits per heavy atom. The lowest BCUT2D eigenvalue weighted by atomic mass is 9.98. The molecule has 0 saturated carbocycles. The van der Waals surface area contributed by atoms with E-state index in [0.29, 0.717) is 18.1 Å². The van der Waals surface area contributed by atoms with Crippen LogP contribution in [0.3, 0.4) is 0 Å². The summed E-state index contributed by atoms with van der Waals surface area (Å²) in [6, 6.07) is 7.62. The molecule has 138 valence electrons. The standard InChI is InChI=1S/C20H24ClN3O2/c1-2-23-11-4-3-5-17(23)20(25)24-12-10-18-16(13-24)19(22-26-18)14-6-8-15(21)9-7-14/h6-9,17H,2-5,10-13H2,1H3/t17-/m0/s1. The Hall–Kier alpha value is -1.85. The summed E-state index contributed by atoms with van der Waals surface area (Å²) < 4.78 is 5.56. The number of benzene rings is 1. The first kappa shape index (κ1) is 17.6. The molecule has 6 heteroatoms. The molecular formula is C20H24ClN3O2. The van der Waals surface area contributed by atoms with E-state index in [2.05, 4.69) is 17.0 Å². The van der Waals surface area contributed by atoms with Crippen LogP contribution < -0.4 is 0 Å². The summed E-state index contributed by atoms with van der Waals surface area (Å²) in [5.41, 5.74) is 2.83. The molecule has 1 aromatic carbocycles. The van der Waals surface area contributed by atoms with Crippen molar-refractivity contribution in [2.45, 2.75) is 45.2 Å². The number of amides is 1. The van der Waals surface area contributed by atoms with Gasteiger partial charge in [0.25, 0.3) is 0 Å². The van der Waals surface area contributed by atoms with E-state index < -0.39 is 0 Å². The van der Waals surface area contributed by atoms with Gasteiger partial charge in [-0.05, 0) is 38.1 Å². The number of carbonyl (C=O) groups is 1. The van der Waals surface area contributed by atoms with Gasteiger partial charge in [-0.3, -0.25) is 9.69 Å². The number of hydrogen-bond acceptors (Lipinski definition) is 4. The van der Waals surface area contributed by atoms with Crippen LogP contribution >= 0.6 is 11.6 Å². The van der Waals surface area contributed by atoms with Crippen LogP contribution in [0.5, 0.6) is 0 Å². The van der Waals surface area contributed by atoms with E-state index in [1.165, 1.54) is 6.42 Å². The quantitative estimate of drug-likeness (QED) is 0.822. The number of likely N-dealkylation sites (tertiary alicyclic amines) is 1. The first-order valence-corrected chi connectivity index (χ1v) is 9.81. The maximum Gasteiger partial charge on any atom is 0.240 e. The van der Waals surface area contributed by atoms with Crippen molar-refractivity contribution in [1.82, 2.24) is 15.0 Å². The summed E-state index contributed by atoms with van der Waals surface area (Å²) in [6.07, 6.45) is 4.01. The van der Waals surface area contributed by atoms with Gasteiger partial charge in [0.2, 0.25) is 5.91 Å². The van der Waals surface area contributed by atoms with Gasteiger partial charge < -0.3 is 9.42 Å². The van der Waals surface area contributed by atoms with Gasteiger partial charge in [-0.15, -0.1) is 0 Å². The Morgan fingerprint density at radius 1 is 1.27 bits per heavy atom. The van der Waals surface area contributed by atoms with Gasteiger partial charge in [-0.2, -0.15) is 0 Å². The smallest absolute Gasteiger partial charge is 0.240 e. The Kier molecular flexibility index (Phi) is 5.00. The SMILES string of the molecule is CCN1CCCC[C@H]1C(=O)N1CCc2onc(-c3ccc(Cl)cc3)c2C1. The number of piperidine rings is 1. The highest BCUT2D eigenvalue weighted by Crippen LogP contribution is 2.31. The third kappa shape index (κ3) is 3.26. The van der Waals surface area contributed by atoms with Crippen molar-refractivity contribution in [3.05, 3.63) is 40.6 Å². The van der Waals surface area contributed by atoms with Crippen molar-refractivity contribution >= 4 is 17.5 Å². The number of fused-ring (bicyclic) bond motifs is 1. The zero-order valence-corrected chi connectivity index (χ0v) is 15.8. The molecule has 1 saturated heterocycles. The molecule has 0 N–H and O–H groups in total. The number of rotatable bonds is 3. The lowest BCUT2D eigenvalue weighted by Crippen LogP contribution is -2.51. The molecule has 5 nitrogen and oxygen atoms in total. The molecule has 0 bridgehead atoms. The van der Waals surface area contributed by atoms with E-state index >= 15 is 0 Å². The Bertz CT molecular complexity index is 787. The molecule has 1 fully saturated rings. The van der Waals surface area contributed by atoms with Crippen LogP contribution in [0, 0.1) is 0 Å². The summed E-state index contributed by atoms with van der Waals surface area (Å²) in [5.74, 6) is 1.15. The molecule has 26 heavy (non-hydrogen) atoms. The lowest BCUT2D eigenvalue weighted by Gasteiger charge is -2.38. The van der Waals surface area contributed by atoms with E-state index in [4.69, 9.17) is 16.1 Å². The van der Waals surface area contributed by atoms with E-state index in [0.717, 1.165) is 54.9 Å². The fourth-order valence-corrected chi connectivity index (χ4v) is 4.22. The Labute approximate surface area is 158 Å². The summed E-state index contributed by atoms with van der Waals surface area (Å²) in [6.45, 7) is 5.37. The molecule has 2 aromatic rings. The second-order valence-corrected chi connectivity index (χ2v) is 7.53. The highest BCUT2D eigenvalue weighted by atomic mass is 35.5. The van der Waals surface area contributed by atoms with Crippen LogP contribution in [-0.2, 0) is 17.8 Å². The maximum atomic E-state index is 13.2. The minimum Gasteiger partial charge on any atom is -0.360 e. The van der Waals surface area contributed by atoms with Gasteiger partial charge in [0, 0.05) is 29.1 Å². The molecule has 2 aliphatic rings. The van der Waals surface area contributed by atoms with E-state index in [-0.39, 0.29) is 11.9 Å². The Morgan fingerprint density at radius 3 is 2.85 bits per heavy atom. The first-order chi connectivity index (χ1) is 12.7. The van der Waals surface area contributed by atoms with Gasteiger partial charge >= 0.3 is 0 Å². The molecule has 0 aliphatic carbocycles. The van der Waals surface area contributed by atoms with Crippen molar-refractivity contribution in [1.29, 1.82) is 0 Å². The molecule has 0 spiro atoms. The van der Waals surface area contributed by atoms with Gasteiger partial charge in [-0.25, -0.2) is 0 Å². The molecule has 2 aliphatic heterocycles. The van der Waals surface area contributed by atoms with Crippen molar-refractivity contribution in [2.24, 2.45) is 0 Å². The second-order valence-electron chi connectivity index (χ2n) is 7.09. The fourth-order valence-electron chi connectivity index (χ4n) is 4.09. The number of carbonyl (C=O) groups excluding carboxylic acids is 1. The van der Waals surface area contributed by atoms with Crippen molar-refractivity contribution in [2.75, 3.05) is 19.6 Å². The zero-order valence-electron chi connectivity index (χ0n) is 15.1. The van der Waals surface area contributed by atoms with Gasteiger partial charge in [0.1, 0.15) is 11.5 Å². The average Bonchev–Trinajstić information content (AvgIpc) is 3.11. The minimum atomic E-state index is 0.0224. The van der Waals surface area contributed by atoms with Crippen molar-refractivity contribution < 1.29 is 9.32 Å². The maximum absolute atomic E-state index is 13.2. The number of nitrogens with zero attached hydrogens (tertiary/aromatic N) is 3. The molecule has 1 amide bonds. The molecule has 4 rings (SSSR count). The van der Waals surface area contributed by atoms with E-state index in [1.54, 1.807) is 0 Å². The highest BCUT2D eigenvalue weighted by Gasteiger charge is 2.34.